The van der Waals surface area contributed by atoms with Gasteiger partial charge in [-0.15, -0.1) is 0 Å². The molecule has 4 heteroatoms. The molecule has 0 aliphatic rings. The molecule has 1 aromatic carbocycles. The van der Waals surface area contributed by atoms with Crippen molar-refractivity contribution in [3.05, 3.63) is 35.9 Å². The number of hydrogen-bond acceptors (Lipinski definition) is 4. The van der Waals surface area contributed by atoms with Crippen LogP contribution >= 0.6 is 0 Å². The molecule has 4 nitrogen and oxygen atoms in total. The van der Waals surface area contributed by atoms with Crippen LogP contribution in [0.4, 0.5) is 5.82 Å². The molecular formula is C17H24N2O2. The zero-order valence-corrected chi connectivity index (χ0v) is 12.9. The molecule has 0 fully saturated rings. The minimum absolute atomic E-state index is 0.553. The Kier molecular flexibility index (Phi) is 6.44. The van der Waals surface area contributed by atoms with Crippen LogP contribution in [0.15, 0.2) is 30.3 Å². The molecular weight excluding hydrogens is 264 g/mol. The summed E-state index contributed by atoms with van der Waals surface area (Å²) < 4.78 is 11.0. The lowest BCUT2D eigenvalue weighted by atomic mass is 10.1. The summed E-state index contributed by atoms with van der Waals surface area (Å²) in [6.45, 7) is 7.56. The molecule has 0 bridgehead atoms. The van der Waals surface area contributed by atoms with Crippen LogP contribution in [0.1, 0.15) is 25.8 Å². The fraction of sp³-hybridized carbons (Fsp3) is 0.471. The van der Waals surface area contributed by atoms with Gasteiger partial charge < -0.3 is 14.8 Å². The van der Waals surface area contributed by atoms with E-state index in [1.807, 2.05) is 25.1 Å². The van der Waals surface area contributed by atoms with E-state index in [1.54, 1.807) is 0 Å². The van der Waals surface area contributed by atoms with Crippen LogP contribution in [0.25, 0.3) is 10.9 Å². The third-order valence-electron chi connectivity index (χ3n) is 3.18. The first-order chi connectivity index (χ1) is 10.3. The van der Waals surface area contributed by atoms with Crippen LogP contribution in [0.3, 0.4) is 0 Å². The zero-order valence-electron chi connectivity index (χ0n) is 12.9. The van der Waals surface area contributed by atoms with Crippen LogP contribution in [-0.4, -0.2) is 31.3 Å². The molecule has 1 aromatic heterocycles. The van der Waals surface area contributed by atoms with Crippen molar-refractivity contribution in [3.63, 3.8) is 0 Å². The first-order valence-electron chi connectivity index (χ1n) is 7.63. The van der Waals surface area contributed by atoms with Gasteiger partial charge in [-0.3, -0.25) is 0 Å². The number of pyridine rings is 1. The molecule has 0 spiro atoms. The minimum Gasteiger partial charge on any atom is -0.379 e. The Morgan fingerprint density at radius 2 is 1.90 bits per heavy atom. The van der Waals surface area contributed by atoms with Crippen LogP contribution in [0.5, 0.6) is 0 Å². The summed E-state index contributed by atoms with van der Waals surface area (Å²) in [6, 6.07) is 10.3. The number of nitrogens with zero attached hydrogens (tertiary/aromatic N) is 1. The Morgan fingerprint density at radius 3 is 2.71 bits per heavy atom. The van der Waals surface area contributed by atoms with Crippen molar-refractivity contribution >= 4 is 16.7 Å². The Labute approximate surface area is 126 Å². The maximum atomic E-state index is 5.69. The molecule has 0 saturated carbocycles. The molecule has 0 aliphatic heterocycles. The van der Waals surface area contributed by atoms with Crippen LogP contribution in [0, 0.1) is 0 Å². The lowest BCUT2D eigenvalue weighted by molar-refractivity contribution is 0.0454. The van der Waals surface area contributed by atoms with Gasteiger partial charge in [-0.2, -0.15) is 0 Å². The molecule has 0 unspecified atom stereocenters. The maximum Gasteiger partial charge on any atom is 0.132 e. The first-order valence-corrected chi connectivity index (χ1v) is 7.63. The van der Waals surface area contributed by atoms with Gasteiger partial charge in [-0.25, -0.2) is 4.98 Å². The quantitative estimate of drug-likeness (QED) is 0.716. The second-order valence-corrected chi connectivity index (χ2v) is 4.87. The van der Waals surface area contributed by atoms with Crippen molar-refractivity contribution in [2.45, 2.75) is 26.9 Å². The summed E-state index contributed by atoms with van der Waals surface area (Å²) in [4.78, 5) is 4.71. The van der Waals surface area contributed by atoms with Gasteiger partial charge in [0.05, 0.1) is 25.3 Å². The highest BCUT2D eigenvalue weighted by Gasteiger charge is 2.06. The van der Waals surface area contributed by atoms with Gasteiger partial charge in [-0.1, -0.05) is 25.1 Å². The van der Waals surface area contributed by atoms with E-state index in [0.29, 0.717) is 19.8 Å². The number of aromatic nitrogens is 1. The Balaban J connectivity index is 2.10. The summed E-state index contributed by atoms with van der Waals surface area (Å²) in [5.41, 5.74) is 2.10. The summed E-state index contributed by atoms with van der Waals surface area (Å²) in [6.07, 6.45) is 1.07. The Bertz CT molecular complexity index is 557. The summed E-state index contributed by atoms with van der Waals surface area (Å²) >= 11 is 0. The molecule has 21 heavy (non-hydrogen) atoms. The third kappa shape index (κ3) is 4.69. The summed E-state index contributed by atoms with van der Waals surface area (Å²) in [5.74, 6) is 0.923. The molecule has 2 aromatic rings. The Morgan fingerprint density at radius 1 is 1.10 bits per heavy atom. The topological polar surface area (TPSA) is 43.4 Å². The number of ether oxygens (including phenoxy) is 2. The average molecular weight is 288 g/mol. The number of rotatable bonds is 9. The van der Waals surface area contributed by atoms with Crippen molar-refractivity contribution < 1.29 is 9.47 Å². The van der Waals surface area contributed by atoms with Crippen LogP contribution in [0.2, 0.25) is 0 Å². The largest absolute Gasteiger partial charge is 0.379 e. The van der Waals surface area contributed by atoms with E-state index in [4.69, 9.17) is 14.5 Å². The normalized spacial score (nSPS) is 11.0. The van der Waals surface area contributed by atoms with Crippen molar-refractivity contribution in [3.8, 4) is 0 Å². The van der Waals surface area contributed by atoms with E-state index in [1.165, 1.54) is 0 Å². The van der Waals surface area contributed by atoms with E-state index < -0.39 is 0 Å². The number of para-hydroxylation sites is 1. The predicted molar refractivity (Wildman–Crippen MR) is 86.7 cm³/mol. The molecule has 1 heterocycles. The molecule has 1 N–H and O–H groups in total. The summed E-state index contributed by atoms with van der Waals surface area (Å²) in [7, 11) is 0. The summed E-state index contributed by atoms with van der Waals surface area (Å²) in [5, 5.41) is 4.53. The van der Waals surface area contributed by atoms with Crippen LogP contribution in [-0.2, 0) is 16.1 Å². The second kappa shape index (κ2) is 8.60. The van der Waals surface area contributed by atoms with Crippen molar-refractivity contribution in [1.82, 2.24) is 4.98 Å². The van der Waals surface area contributed by atoms with Gasteiger partial charge in [0, 0.05) is 24.1 Å². The van der Waals surface area contributed by atoms with E-state index in [2.05, 4.69) is 24.4 Å². The number of benzene rings is 1. The number of hydrogen-bond donors (Lipinski definition) is 1. The molecule has 0 radical (unpaired) electrons. The fourth-order valence-corrected chi connectivity index (χ4v) is 2.11. The van der Waals surface area contributed by atoms with Gasteiger partial charge in [0.2, 0.25) is 0 Å². The second-order valence-electron chi connectivity index (χ2n) is 4.87. The van der Waals surface area contributed by atoms with Gasteiger partial charge >= 0.3 is 0 Å². The van der Waals surface area contributed by atoms with Crippen molar-refractivity contribution in [2.75, 3.05) is 31.7 Å². The zero-order chi connectivity index (χ0) is 14.9. The SMILES string of the molecule is CCCNc1nc2ccccc2cc1COCCOCC. The molecule has 0 atom stereocenters. The van der Waals surface area contributed by atoms with Crippen molar-refractivity contribution in [2.24, 2.45) is 0 Å². The molecule has 114 valence electrons. The average Bonchev–Trinajstić information content (AvgIpc) is 2.52. The highest BCUT2D eigenvalue weighted by atomic mass is 16.5. The maximum absolute atomic E-state index is 5.69. The highest BCUT2D eigenvalue weighted by Crippen LogP contribution is 2.21. The molecule has 0 saturated heterocycles. The standard InChI is InChI=1S/C17H24N2O2/c1-3-9-18-17-15(13-21-11-10-20-4-2)12-14-7-5-6-8-16(14)19-17/h5-8,12H,3-4,9-11,13H2,1-2H3,(H,18,19). The van der Waals surface area contributed by atoms with E-state index in [-0.39, 0.29) is 0 Å². The Hall–Kier alpha value is -1.65. The number of fused-ring (bicyclic) bond motifs is 1. The number of nitrogens with one attached hydrogen (secondary N) is 1. The van der Waals surface area contributed by atoms with Gasteiger partial charge in [0.15, 0.2) is 0 Å². The minimum atomic E-state index is 0.553. The van der Waals surface area contributed by atoms with E-state index >= 15 is 0 Å². The molecule has 0 amide bonds. The lowest BCUT2D eigenvalue weighted by Crippen LogP contribution is -2.08. The smallest absolute Gasteiger partial charge is 0.132 e. The predicted octanol–water partition coefficient (Wildman–Crippen LogP) is 3.61. The van der Waals surface area contributed by atoms with Gasteiger partial charge in [0.1, 0.15) is 5.82 Å². The van der Waals surface area contributed by atoms with Crippen LogP contribution < -0.4 is 5.32 Å². The van der Waals surface area contributed by atoms with Gasteiger partial charge in [-0.05, 0) is 25.5 Å². The monoisotopic (exact) mass is 288 g/mol. The molecule has 0 aliphatic carbocycles. The van der Waals surface area contributed by atoms with E-state index in [0.717, 1.165) is 41.9 Å². The number of anilines is 1. The van der Waals surface area contributed by atoms with Gasteiger partial charge in [0.25, 0.3) is 0 Å². The van der Waals surface area contributed by atoms with E-state index in [9.17, 15) is 0 Å². The first kappa shape index (κ1) is 15.7. The van der Waals surface area contributed by atoms with Crippen molar-refractivity contribution in [1.29, 1.82) is 0 Å². The molecule has 2 rings (SSSR count). The lowest BCUT2D eigenvalue weighted by Gasteiger charge is -2.12. The fourth-order valence-electron chi connectivity index (χ4n) is 2.11. The highest BCUT2D eigenvalue weighted by molar-refractivity contribution is 5.81. The third-order valence-corrected chi connectivity index (χ3v) is 3.18.